The van der Waals surface area contributed by atoms with Crippen LogP contribution < -0.4 is 9.47 Å². The van der Waals surface area contributed by atoms with E-state index in [1.54, 1.807) is 0 Å². The van der Waals surface area contributed by atoms with E-state index >= 15 is 0 Å². The van der Waals surface area contributed by atoms with Gasteiger partial charge in [-0.3, -0.25) is 19.7 Å². The van der Waals surface area contributed by atoms with Crippen molar-refractivity contribution in [3.8, 4) is 11.5 Å². The third kappa shape index (κ3) is 8.18. The van der Waals surface area contributed by atoms with Crippen LogP contribution in [0.4, 0.5) is 5.69 Å². The number of ether oxygens (including phenoxy) is 3. The topological polar surface area (TPSA) is 128 Å². The Morgan fingerprint density at radius 2 is 1.93 bits per heavy atom. The van der Waals surface area contributed by atoms with E-state index in [9.17, 15) is 24.7 Å². The van der Waals surface area contributed by atoms with Crippen LogP contribution in [0.15, 0.2) is 12.1 Å². The molecule has 166 valence electrons. The first-order chi connectivity index (χ1) is 14.1. The average Bonchev–Trinajstić information content (AvgIpc) is 2.68. The van der Waals surface area contributed by atoms with Gasteiger partial charge in [0.15, 0.2) is 11.5 Å². The number of methoxy groups -OCH3 is 2. The lowest BCUT2D eigenvalue weighted by Crippen LogP contribution is -2.36. The Labute approximate surface area is 192 Å². The second kappa shape index (κ2) is 12.8. The van der Waals surface area contributed by atoms with Crippen molar-refractivity contribution < 1.29 is 33.7 Å². The van der Waals surface area contributed by atoms with Gasteiger partial charge in [0.05, 0.1) is 31.8 Å². The normalized spacial score (nSPS) is 11.4. The van der Waals surface area contributed by atoms with Gasteiger partial charge in [0, 0.05) is 20.0 Å². The summed E-state index contributed by atoms with van der Waals surface area (Å²) in [4.78, 5) is 36.4. The molecule has 0 radical (unpaired) electrons. The van der Waals surface area contributed by atoms with Crippen LogP contribution in [0.1, 0.15) is 30.1 Å². The number of amides is 1. The summed E-state index contributed by atoms with van der Waals surface area (Å²) in [5.74, 6) is -0.126. The summed E-state index contributed by atoms with van der Waals surface area (Å²) in [6, 6.07) is 2.39. The monoisotopic (exact) mass is 554 g/mol. The highest BCUT2D eigenvalue weighted by atomic mass is 127. The number of hydrogen-bond acceptors (Lipinski definition) is 9. The molecule has 1 unspecified atom stereocenters. The van der Waals surface area contributed by atoms with Crippen LogP contribution in [0.2, 0.25) is 0 Å². The molecular weight excluding hydrogens is 530 g/mol. The van der Waals surface area contributed by atoms with Gasteiger partial charge in [-0.1, -0.05) is 22.4 Å². The van der Waals surface area contributed by atoms with E-state index in [1.807, 2.05) is 22.4 Å². The van der Waals surface area contributed by atoms with Crippen LogP contribution >= 0.6 is 34.0 Å². The molecule has 0 saturated heterocycles. The molecule has 1 aromatic carbocycles. The average molecular weight is 554 g/mol. The lowest BCUT2D eigenvalue weighted by molar-refractivity contribution is -0.385. The molecule has 1 rings (SSSR count). The molecule has 0 aliphatic carbocycles. The molecule has 30 heavy (non-hydrogen) atoms. The Morgan fingerprint density at radius 3 is 2.43 bits per heavy atom. The molecule has 0 heterocycles. The molecule has 1 aromatic rings. The zero-order valence-electron chi connectivity index (χ0n) is 17.1. The van der Waals surface area contributed by atoms with Crippen LogP contribution in [0.25, 0.3) is 0 Å². The van der Waals surface area contributed by atoms with Gasteiger partial charge in [-0.15, -0.1) is 0 Å². The zero-order valence-corrected chi connectivity index (χ0v) is 20.1. The van der Waals surface area contributed by atoms with Crippen LogP contribution in [0, 0.1) is 10.1 Å². The number of carbonyl (C=O) groups excluding carboxylic acids is 2. The van der Waals surface area contributed by atoms with Gasteiger partial charge in [-0.25, -0.2) is 0 Å². The maximum absolute atomic E-state index is 12.9. The van der Waals surface area contributed by atoms with Crippen molar-refractivity contribution in [2.24, 2.45) is 0 Å². The Balaban J connectivity index is 3.01. The van der Waals surface area contributed by atoms with Crippen molar-refractivity contribution >= 4 is 55.6 Å². The second-order valence-electron chi connectivity index (χ2n) is 6.20. The summed E-state index contributed by atoms with van der Waals surface area (Å²) in [6.07, 6.45) is 0.547. The highest BCUT2D eigenvalue weighted by molar-refractivity contribution is 14.1. The van der Waals surface area contributed by atoms with Crippen molar-refractivity contribution in [2.75, 3.05) is 33.6 Å². The first kappa shape index (κ1) is 26.3. The van der Waals surface area contributed by atoms with Gasteiger partial charge in [0.2, 0.25) is 0 Å². The van der Waals surface area contributed by atoms with Crippen LogP contribution in [-0.2, 0) is 9.53 Å². The van der Waals surface area contributed by atoms with E-state index in [0.29, 0.717) is 18.6 Å². The SMILES string of the molecule is COc1cc(C(=O)N(C)CC(CCCSB(O)I)OC(C)=O)c([N+](=O)[O-])cc1OC. The molecule has 13 heteroatoms. The molecule has 10 nitrogen and oxygen atoms in total. The van der Waals surface area contributed by atoms with Crippen molar-refractivity contribution in [1.82, 2.24) is 4.90 Å². The predicted octanol–water partition coefficient (Wildman–Crippen LogP) is 2.54. The Bertz CT molecular complexity index is 768. The maximum Gasteiger partial charge on any atom is 0.432 e. The number of nitro benzene ring substituents is 1. The summed E-state index contributed by atoms with van der Waals surface area (Å²) >= 11 is 3.23. The molecule has 0 saturated carbocycles. The standard InChI is InChI=1S/C17H24BIN2O8S/c1-11(22)29-12(6-5-7-30-18(19)24)10-20(2)17(23)13-8-15(27-3)16(28-4)9-14(13)21(25)26/h8-9,12,24H,5-7,10H2,1-4H3. The van der Waals surface area contributed by atoms with Crippen molar-refractivity contribution in [3.05, 3.63) is 27.8 Å². The summed E-state index contributed by atoms with van der Waals surface area (Å²) in [5.41, 5.74) is -0.578. The van der Waals surface area contributed by atoms with E-state index in [1.165, 1.54) is 50.8 Å². The third-order valence-electron chi connectivity index (χ3n) is 4.01. The number of nitro groups is 1. The quantitative estimate of drug-likeness (QED) is 0.104. The van der Waals surface area contributed by atoms with Gasteiger partial charge in [0.1, 0.15) is 11.7 Å². The maximum atomic E-state index is 12.9. The van der Waals surface area contributed by atoms with E-state index in [2.05, 4.69) is 0 Å². The molecule has 0 spiro atoms. The molecule has 0 aliphatic rings. The molecular formula is C17H24BIN2O8S. The Kier molecular flexibility index (Phi) is 11.3. The van der Waals surface area contributed by atoms with E-state index in [4.69, 9.17) is 14.2 Å². The summed E-state index contributed by atoms with van der Waals surface area (Å²) < 4.78 is 15.0. The second-order valence-corrected chi connectivity index (χ2v) is 9.42. The van der Waals surface area contributed by atoms with Gasteiger partial charge >= 0.3 is 10.0 Å². The predicted molar refractivity (Wildman–Crippen MR) is 122 cm³/mol. The summed E-state index contributed by atoms with van der Waals surface area (Å²) in [7, 11) is 4.18. The molecule has 0 bridgehead atoms. The van der Waals surface area contributed by atoms with Gasteiger partial charge in [-0.05, 0) is 18.6 Å². The minimum atomic E-state index is -0.668. The number of carbonyl (C=O) groups is 2. The fourth-order valence-corrected chi connectivity index (χ4v) is 3.99. The van der Waals surface area contributed by atoms with Gasteiger partial charge < -0.3 is 24.1 Å². The third-order valence-corrected chi connectivity index (χ3v) is 5.89. The van der Waals surface area contributed by atoms with Crippen molar-refractivity contribution in [2.45, 2.75) is 25.9 Å². The zero-order chi connectivity index (χ0) is 22.8. The Hall–Kier alpha value is -1.74. The lowest BCUT2D eigenvalue weighted by Gasteiger charge is -2.24. The number of rotatable bonds is 12. The number of halogens is 1. The van der Waals surface area contributed by atoms with Crippen LogP contribution in [-0.4, -0.2) is 70.4 Å². The van der Waals surface area contributed by atoms with Crippen molar-refractivity contribution in [1.29, 1.82) is 0 Å². The summed E-state index contributed by atoms with van der Waals surface area (Å²) in [6.45, 7) is 1.33. The van der Waals surface area contributed by atoms with E-state index in [-0.39, 0.29) is 23.6 Å². The minimum absolute atomic E-state index is 0.0569. The highest BCUT2D eigenvalue weighted by Gasteiger charge is 2.28. The molecule has 1 atom stereocenters. The van der Waals surface area contributed by atoms with Gasteiger partial charge in [-0.2, -0.15) is 11.6 Å². The first-order valence-corrected chi connectivity index (χ1v) is 11.2. The fourth-order valence-electron chi connectivity index (χ4n) is 2.70. The molecule has 0 fully saturated rings. The molecule has 1 N–H and O–H groups in total. The minimum Gasteiger partial charge on any atom is -0.493 e. The summed E-state index contributed by atoms with van der Waals surface area (Å²) in [5, 5.41) is 20.8. The molecule has 0 aliphatic heterocycles. The van der Waals surface area contributed by atoms with E-state index in [0.717, 1.165) is 6.07 Å². The molecule has 0 aromatic heterocycles. The van der Waals surface area contributed by atoms with Crippen LogP contribution in [0.3, 0.4) is 0 Å². The highest BCUT2D eigenvalue weighted by Crippen LogP contribution is 2.35. The number of likely N-dealkylation sites (N-methyl/N-ethyl adjacent to an activating group) is 1. The lowest BCUT2D eigenvalue weighted by atomic mass is 10.1. The number of esters is 1. The van der Waals surface area contributed by atoms with Gasteiger partial charge in [0.25, 0.3) is 11.6 Å². The molecule has 1 amide bonds. The van der Waals surface area contributed by atoms with Crippen molar-refractivity contribution in [3.63, 3.8) is 0 Å². The largest absolute Gasteiger partial charge is 0.493 e. The smallest absolute Gasteiger partial charge is 0.432 e. The number of nitrogens with zero attached hydrogens (tertiary/aromatic N) is 2. The van der Waals surface area contributed by atoms with Crippen LogP contribution in [0.5, 0.6) is 11.5 Å². The number of hydrogen-bond donors (Lipinski definition) is 1. The fraction of sp³-hybridized carbons (Fsp3) is 0.529. The number of benzene rings is 1. The van der Waals surface area contributed by atoms with E-state index < -0.39 is 32.6 Å². The first-order valence-electron chi connectivity index (χ1n) is 8.87. The Morgan fingerprint density at radius 1 is 1.33 bits per heavy atom.